The fourth-order valence-electron chi connectivity index (χ4n) is 1.29. The van der Waals surface area contributed by atoms with Gasteiger partial charge in [0.15, 0.2) is 0 Å². The van der Waals surface area contributed by atoms with Gasteiger partial charge in [-0.25, -0.2) is 4.39 Å². The van der Waals surface area contributed by atoms with Crippen LogP contribution >= 0.6 is 11.6 Å². The first kappa shape index (κ1) is 11.8. The molecule has 5 nitrogen and oxygen atoms in total. The van der Waals surface area contributed by atoms with E-state index in [2.05, 4.69) is 20.7 Å². The molecule has 1 N–H and O–H groups in total. The van der Waals surface area contributed by atoms with Gasteiger partial charge in [0.05, 0.1) is 6.54 Å². The lowest BCUT2D eigenvalue weighted by Crippen LogP contribution is -2.03. The number of aromatic nitrogens is 4. The van der Waals surface area contributed by atoms with Gasteiger partial charge >= 0.3 is 0 Å². The van der Waals surface area contributed by atoms with Gasteiger partial charge in [0.1, 0.15) is 5.82 Å². The summed E-state index contributed by atoms with van der Waals surface area (Å²) < 4.78 is 12.8. The number of rotatable bonds is 4. The molecule has 0 unspecified atom stereocenters. The summed E-state index contributed by atoms with van der Waals surface area (Å²) in [5.41, 5.74) is 0.779. The molecule has 0 fully saturated rings. The number of hydrogen-bond acceptors (Lipinski definition) is 4. The normalized spacial score (nSPS) is 10.5. The van der Waals surface area contributed by atoms with Crippen molar-refractivity contribution >= 4 is 17.5 Å². The Morgan fingerprint density at radius 3 is 2.94 bits per heavy atom. The summed E-state index contributed by atoms with van der Waals surface area (Å²) in [5, 5.41) is 15.0. The molecule has 1 aromatic carbocycles. The SMILES string of the molecule is CCn1nnc(NCc2ccc(F)cc2Cl)n1. The van der Waals surface area contributed by atoms with Crippen molar-refractivity contribution in [2.24, 2.45) is 0 Å². The maximum atomic E-state index is 12.8. The van der Waals surface area contributed by atoms with Crippen molar-refractivity contribution < 1.29 is 4.39 Å². The molecule has 0 radical (unpaired) electrons. The topological polar surface area (TPSA) is 55.6 Å². The number of tetrazole rings is 1. The van der Waals surface area contributed by atoms with Crippen molar-refractivity contribution in [3.63, 3.8) is 0 Å². The van der Waals surface area contributed by atoms with Gasteiger partial charge < -0.3 is 5.32 Å². The highest BCUT2D eigenvalue weighted by Gasteiger charge is 2.04. The van der Waals surface area contributed by atoms with Gasteiger partial charge in [0.2, 0.25) is 0 Å². The zero-order valence-electron chi connectivity index (χ0n) is 9.19. The summed E-state index contributed by atoms with van der Waals surface area (Å²) >= 11 is 5.89. The molecule has 0 bridgehead atoms. The number of nitrogens with one attached hydrogen (secondary N) is 1. The smallest absolute Gasteiger partial charge is 0.263 e. The lowest BCUT2D eigenvalue weighted by atomic mass is 10.2. The first-order valence-electron chi connectivity index (χ1n) is 5.14. The van der Waals surface area contributed by atoms with E-state index in [-0.39, 0.29) is 5.82 Å². The molecule has 0 saturated carbocycles. The van der Waals surface area contributed by atoms with Crippen LogP contribution in [0.25, 0.3) is 0 Å². The molecule has 90 valence electrons. The van der Waals surface area contributed by atoms with E-state index in [0.29, 0.717) is 24.1 Å². The highest BCUT2D eigenvalue weighted by Crippen LogP contribution is 2.17. The molecule has 0 aliphatic heterocycles. The quantitative estimate of drug-likeness (QED) is 0.909. The first-order chi connectivity index (χ1) is 8.19. The van der Waals surface area contributed by atoms with Crippen LogP contribution in [0.15, 0.2) is 18.2 Å². The third-order valence-electron chi connectivity index (χ3n) is 2.19. The first-order valence-corrected chi connectivity index (χ1v) is 5.52. The molecule has 2 aromatic rings. The molecule has 17 heavy (non-hydrogen) atoms. The average molecular weight is 256 g/mol. The van der Waals surface area contributed by atoms with E-state index in [0.717, 1.165) is 5.56 Å². The minimum Gasteiger partial charge on any atom is -0.347 e. The predicted molar refractivity (Wildman–Crippen MR) is 62.2 cm³/mol. The van der Waals surface area contributed by atoms with Crippen molar-refractivity contribution in [3.8, 4) is 0 Å². The summed E-state index contributed by atoms with van der Waals surface area (Å²) in [7, 11) is 0. The van der Waals surface area contributed by atoms with Crippen molar-refractivity contribution in [1.29, 1.82) is 0 Å². The molecule has 7 heteroatoms. The molecule has 1 heterocycles. The van der Waals surface area contributed by atoms with Crippen molar-refractivity contribution in [1.82, 2.24) is 20.2 Å². The minimum atomic E-state index is -0.353. The second kappa shape index (κ2) is 5.09. The molecule has 0 aliphatic carbocycles. The summed E-state index contributed by atoms with van der Waals surface area (Å²) in [6.07, 6.45) is 0. The maximum Gasteiger partial charge on any atom is 0.263 e. The Labute approximate surface area is 103 Å². The molecule has 0 saturated heterocycles. The summed E-state index contributed by atoms with van der Waals surface area (Å²) in [6, 6.07) is 4.25. The molecular weight excluding hydrogens is 245 g/mol. The van der Waals surface area contributed by atoms with Crippen molar-refractivity contribution in [3.05, 3.63) is 34.6 Å². The van der Waals surface area contributed by atoms with Crippen molar-refractivity contribution in [2.75, 3.05) is 5.32 Å². The van der Waals surface area contributed by atoms with Crippen LogP contribution in [0.4, 0.5) is 10.3 Å². The highest BCUT2D eigenvalue weighted by molar-refractivity contribution is 6.31. The van der Waals surface area contributed by atoms with E-state index in [4.69, 9.17) is 11.6 Å². The van der Waals surface area contributed by atoms with Gasteiger partial charge in [-0.05, 0) is 29.8 Å². The van der Waals surface area contributed by atoms with E-state index < -0.39 is 0 Å². The Balaban J connectivity index is 2.02. The van der Waals surface area contributed by atoms with Gasteiger partial charge in [-0.15, -0.1) is 5.10 Å². The average Bonchev–Trinajstić information content (AvgIpc) is 2.76. The molecule has 0 aliphatic rings. The van der Waals surface area contributed by atoms with Gasteiger partial charge in [-0.2, -0.15) is 4.80 Å². The van der Waals surface area contributed by atoms with Gasteiger partial charge in [-0.3, -0.25) is 0 Å². The maximum absolute atomic E-state index is 12.8. The molecule has 0 atom stereocenters. The van der Waals surface area contributed by atoms with Gasteiger partial charge in [-0.1, -0.05) is 22.8 Å². The van der Waals surface area contributed by atoms with Crippen LogP contribution < -0.4 is 5.32 Å². The fourth-order valence-corrected chi connectivity index (χ4v) is 1.52. The van der Waals surface area contributed by atoms with Crippen LogP contribution in [-0.2, 0) is 13.1 Å². The lowest BCUT2D eigenvalue weighted by molar-refractivity contribution is 0.552. The van der Waals surface area contributed by atoms with E-state index in [9.17, 15) is 4.39 Å². The van der Waals surface area contributed by atoms with E-state index in [1.165, 1.54) is 16.9 Å². The number of nitrogens with zero attached hydrogens (tertiary/aromatic N) is 4. The molecule has 0 spiro atoms. The van der Waals surface area contributed by atoms with Crippen LogP contribution in [0, 0.1) is 5.82 Å². The van der Waals surface area contributed by atoms with Crippen molar-refractivity contribution in [2.45, 2.75) is 20.0 Å². The van der Waals surface area contributed by atoms with Crippen LogP contribution in [0.1, 0.15) is 12.5 Å². The Hall–Kier alpha value is -1.69. The van der Waals surface area contributed by atoms with Gasteiger partial charge in [0, 0.05) is 11.6 Å². The zero-order chi connectivity index (χ0) is 12.3. The zero-order valence-corrected chi connectivity index (χ0v) is 9.95. The molecule has 2 rings (SSSR count). The molecular formula is C10H11ClFN5. The summed E-state index contributed by atoms with van der Waals surface area (Å²) in [6.45, 7) is 3.00. The predicted octanol–water partition coefficient (Wildman–Crippen LogP) is 2.10. The van der Waals surface area contributed by atoms with E-state index >= 15 is 0 Å². The van der Waals surface area contributed by atoms with Crippen LogP contribution in [-0.4, -0.2) is 20.2 Å². The largest absolute Gasteiger partial charge is 0.347 e. The number of aryl methyl sites for hydroxylation is 1. The Bertz CT molecular complexity index is 513. The third-order valence-corrected chi connectivity index (χ3v) is 2.54. The Kier molecular flexibility index (Phi) is 3.53. The number of halogens is 2. The second-order valence-corrected chi connectivity index (χ2v) is 3.80. The van der Waals surface area contributed by atoms with Crippen LogP contribution in [0.5, 0.6) is 0 Å². The van der Waals surface area contributed by atoms with E-state index in [1.807, 2.05) is 6.92 Å². The number of benzene rings is 1. The second-order valence-electron chi connectivity index (χ2n) is 3.39. The van der Waals surface area contributed by atoms with Gasteiger partial charge in [0.25, 0.3) is 5.95 Å². The number of anilines is 1. The highest BCUT2D eigenvalue weighted by atomic mass is 35.5. The Morgan fingerprint density at radius 2 is 2.29 bits per heavy atom. The monoisotopic (exact) mass is 255 g/mol. The summed E-state index contributed by atoms with van der Waals surface area (Å²) in [5.74, 6) is 0.0704. The number of hydrogen-bond donors (Lipinski definition) is 1. The standard InChI is InChI=1S/C10H11ClFN5/c1-2-17-15-10(14-16-17)13-6-7-3-4-8(12)5-9(7)11/h3-5H,2,6H2,1H3,(H,13,15). The summed E-state index contributed by atoms with van der Waals surface area (Å²) in [4.78, 5) is 1.47. The minimum absolute atomic E-state index is 0.353. The molecule has 0 amide bonds. The molecule has 1 aromatic heterocycles. The Morgan fingerprint density at radius 1 is 1.47 bits per heavy atom. The fraction of sp³-hybridized carbons (Fsp3) is 0.300. The van der Waals surface area contributed by atoms with Crippen LogP contribution in [0.2, 0.25) is 5.02 Å². The third kappa shape index (κ3) is 2.91. The lowest BCUT2D eigenvalue weighted by Gasteiger charge is -2.04. The van der Waals surface area contributed by atoms with Crippen LogP contribution in [0.3, 0.4) is 0 Å². The van der Waals surface area contributed by atoms with E-state index in [1.54, 1.807) is 6.07 Å².